The number of aromatic nitrogens is 3. The van der Waals surface area contributed by atoms with Gasteiger partial charge in [0.25, 0.3) is 5.91 Å². The molecule has 1 amide bonds. The first-order valence-electron chi connectivity index (χ1n) is 8.12. The molecule has 0 spiro atoms. The van der Waals surface area contributed by atoms with Crippen LogP contribution in [0.5, 0.6) is 0 Å². The van der Waals surface area contributed by atoms with Crippen LogP contribution in [0.15, 0.2) is 41.1 Å². The number of hydrogen-bond donors (Lipinski definition) is 1. The van der Waals surface area contributed by atoms with Crippen LogP contribution in [0, 0.1) is 0 Å². The fraction of sp³-hybridized carbons (Fsp3) is 0.278. The van der Waals surface area contributed by atoms with Crippen LogP contribution in [-0.4, -0.2) is 20.4 Å². The Morgan fingerprint density at radius 1 is 1.17 bits per heavy atom. The lowest BCUT2D eigenvalue weighted by Crippen LogP contribution is -2.12. The molecule has 0 aliphatic carbocycles. The maximum atomic E-state index is 12.3. The summed E-state index contributed by atoms with van der Waals surface area (Å²) in [7, 11) is 0. The van der Waals surface area contributed by atoms with Gasteiger partial charge in [-0.05, 0) is 53.0 Å². The SMILES string of the molecule is O=C(Nc1ccc2c(c1)nc1n2CCCCC1)c1cncc(Br)c1. The number of benzene rings is 1. The third kappa shape index (κ3) is 2.94. The Hall–Kier alpha value is -2.21. The number of hydrogen-bond acceptors (Lipinski definition) is 3. The van der Waals surface area contributed by atoms with E-state index in [2.05, 4.69) is 30.8 Å². The third-order valence-electron chi connectivity index (χ3n) is 4.33. The van der Waals surface area contributed by atoms with Crippen LogP contribution in [-0.2, 0) is 13.0 Å². The first-order chi connectivity index (χ1) is 11.7. The molecule has 0 saturated heterocycles. The Kier molecular flexibility index (Phi) is 4.06. The third-order valence-corrected chi connectivity index (χ3v) is 4.77. The molecule has 24 heavy (non-hydrogen) atoms. The number of pyridine rings is 1. The average Bonchev–Trinajstić information content (AvgIpc) is 2.75. The van der Waals surface area contributed by atoms with Crippen molar-refractivity contribution in [3.05, 3.63) is 52.5 Å². The molecule has 122 valence electrons. The highest BCUT2D eigenvalue weighted by Crippen LogP contribution is 2.24. The molecular formula is C18H17BrN4O. The van der Waals surface area contributed by atoms with Gasteiger partial charge in [-0.2, -0.15) is 0 Å². The lowest BCUT2D eigenvalue weighted by molar-refractivity contribution is 0.102. The molecule has 1 aliphatic heterocycles. The summed E-state index contributed by atoms with van der Waals surface area (Å²) in [5.41, 5.74) is 3.36. The van der Waals surface area contributed by atoms with E-state index in [9.17, 15) is 4.79 Å². The number of rotatable bonds is 2. The van der Waals surface area contributed by atoms with Crippen LogP contribution >= 0.6 is 15.9 Å². The molecule has 0 fully saturated rings. The molecule has 1 aromatic carbocycles. The molecule has 2 aromatic heterocycles. The van der Waals surface area contributed by atoms with Gasteiger partial charge in [0.2, 0.25) is 0 Å². The summed E-state index contributed by atoms with van der Waals surface area (Å²) in [5, 5.41) is 2.92. The van der Waals surface area contributed by atoms with Gasteiger partial charge in [0, 0.05) is 35.5 Å². The zero-order valence-electron chi connectivity index (χ0n) is 13.1. The van der Waals surface area contributed by atoms with Gasteiger partial charge in [0.05, 0.1) is 16.6 Å². The average molecular weight is 385 g/mol. The summed E-state index contributed by atoms with van der Waals surface area (Å²) in [6, 6.07) is 7.68. The number of amides is 1. The molecule has 1 N–H and O–H groups in total. The van der Waals surface area contributed by atoms with Crippen molar-refractivity contribution in [2.75, 3.05) is 5.32 Å². The number of nitrogens with one attached hydrogen (secondary N) is 1. The first-order valence-corrected chi connectivity index (χ1v) is 8.91. The molecule has 0 bridgehead atoms. The Labute approximate surface area is 148 Å². The number of halogens is 1. The van der Waals surface area contributed by atoms with Crippen LogP contribution in [0.2, 0.25) is 0 Å². The van der Waals surface area contributed by atoms with Crippen LogP contribution < -0.4 is 5.32 Å². The quantitative estimate of drug-likeness (QED) is 0.720. The van der Waals surface area contributed by atoms with E-state index in [0.717, 1.165) is 40.0 Å². The number of anilines is 1. The Bertz CT molecular complexity index is 919. The molecule has 3 aromatic rings. The molecule has 4 rings (SSSR count). The van der Waals surface area contributed by atoms with E-state index in [1.165, 1.54) is 19.3 Å². The molecule has 3 heterocycles. The number of fused-ring (bicyclic) bond motifs is 3. The highest BCUT2D eigenvalue weighted by Gasteiger charge is 2.14. The van der Waals surface area contributed by atoms with Crippen molar-refractivity contribution in [3.8, 4) is 0 Å². The fourth-order valence-electron chi connectivity index (χ4n) is 3.17. The van der Waals surface area contributed by atoms with Gasteiger partial charge in [-0.15, -0.1) is 0 Å². The van der Waals surface area contributed by atoms with Crippen molar-refractivity contribution in [1.82, 2.24) is 14.5 Å². The zero-order valence-corrected chi connectivity index (χ0v) is 14.7. The number of carbonyl (C=O) groups excluding carboxylic acids is 1. The van der Waals surface area contributed by atoms with E-state index in [0.29, 0.717) is 5.56 Å². The molecule has 0 radical (unpaired) electrons. The van der Waals surface area contributed by atoms with E-state index in [1.54, 1.807) is 18.5 Å². The molecule has 5 nitrogen and oxygen atoms in total. The Morgan fingerprint density at radius 3 is 2.96 bits per heavy atom. The van der Waals surface area contributed by atoms with Crippen LogP contribution in [0.4, 0.5) is 5.69 Å². The van der Waals surface area contributed by atoms with Crippen molar-refractivity contribution >= 4 is 38.6 Å². The molecule has 0 atom stereocenters. The maximum absolute atomic E-state index is 12.3. The van der Waals surface area contributed by atoms with Gasteiger partial charge in [0.15, 0.2) is 0 Å². The smallest absolute Gasteiger partial charge is 0.257 e. The van der Waals surface area contributed by atoms with Crippen molar-refractivity contribution < 1.29 is 4.79 Å². The predicted octanol–water partition coefficient (Wildman–Crippen LogP) is 4.17. The van der Waals surface area contributed by atoms with Crippen molar-refractivity contribution in [2.24, 2.45) is 0 Å². The van der Waals surface area contributed by atoms with Gasteiger partial charge >= 0.3 is 0 Å². The summed E-state index contributed by atoms with van der Waals surface area (Å²) < 4.78 is 3.09. The number of nitrogens with zero attached hydrogens (tertiary/aromatic N) is 3. The Balaban J connectivity index is 1.62. The number of aryl methyl sites for hydroxylation is 2. The zero-order chi connectivity index (χ0) is 16.5. The lowest BCUT2D eigenvalue weighted by atomic mass is 10.2. The van der Waals surface area contributed by atoms with Crippen LogP contribution in [0.1, 0.15) is 35.4 Å². The summed E-state index contributed by atoms with van der Waals surface area (Å²) in [6.07, 6.45) is 7.90. The lowest BCUT2D eigenvalue weighted by Gasteiger charge is -2.07. The molecule has 0 saturated carbocycles. The standard InChI is InChI=1S/C18H17BrN4O/c19-13-8-12(10-20-11-13)18(24)21-14-5-6-16-15(9-14)22-17-4-2-1-3-7-23(16)17/h5-6,8-11H,1-4,7H2,(H,21,24). The van der Waals surface area contributed by atoms with E-state index in [4.69, 9.17) is 4.98 Å². The number of imidazole rings is 1. The summed E-state index contributed by atoms with van der Waals surface area (Å²) in [4.78, 5) is 21.1. The van der Waals surface area contributed by atoms with E-state index >= 15 is 0 Å². The minimum absolute atomic E-state index is 0.177. The maximum Gasteiger partial charge on any atom is 0.257 e. The predicted molar refractivity (Wildman–Crippen MR) is 97.2 cm³/mol. The van der Waals surface area contributed by atoms with Gasteiger partial charge in [0.1, 0.15) is 5.82 Å². The second-order valence-corrected chi connectivity index (χ2v) is 6.96. The van der Waals surface area contributed by atoms with Gasteiger partial charge in [-0.1, -0.05) is 6.42 Å². The van der Waals surface area contributed by atoms with Crippen LogP contribution in [0.25, 0.3) is 11.0 Å². The van der Waals surface area contributed by atoms with Crippen molar-refractivity contribution in [3.63, 3.8) is 0 Å². The minimum atomic E-state index is -0.177. The highest BCUT2D eigenvalue weighted by molar-refractivity contribution is 9.10. The monoisotopic (exact) mass is 384 g/mol. The van der Waals surface area contributed by atoms with E-state index in [1.807, 2.05) is 18.2 Å². The largest absolute Gasteiger partial charge is 0.328 e. The summed E-state index contributed by atoms with van der Waals surface area (Å²) >= 11 is 3.33. The topological polar surface area (TPSA) is 59.8 Å². The highest BCUT2D eigenvalue weighted by atomic mass is 79.9. The summed E-state index contributed by atoms with van der Waals surface area (Å²) in [5.74, 6) is 0.978. The van der Waals surface area contributed by atoms with Gasteiger partial charge in [-0.25, -0.2) is 4.98 Å². The van der Waals surface area contributed by atoms with Crippen molar-refractivity contribution in [2.45, 2.75) is 32.2 Å². The second-order valence-electron chi connectivity index (χ2n) is 6.04. The fourth-order valence-corrected chi connectivity index (χ4v) is 3.53. The van der Waals surface area contributed by atoms with E-state index < -0.39 is 0 Å². The van der Waals surface area contributed by atoms with Gasteiger partial charge in [-0.3, -0.25) is 9.78 Å². The molecule has 0 unspecified atom stereocenters. The van der Waals surface area contributed by atoms with Crippen LogP contribution in [0.3, 0.4) is 0 Å². The molecule has 1 aliphatic rings. The van der Waals surface area contributed by atoms with Crippen molar-refractivity contribution in [1.29, 1.82) is 0 Å². The first kappa shape index (κ1) is 15.3. The molecule has 6 heteroatoms. The van der Waals surface area contributed by atoms with E-state index in [-0.39, 0.29) is 5.91 Å². The Morgan fingerprint density at radius 2 is 2.08 bits per heavy atom. The second kappa shape index (κ2) is 6.36. The normalized spacial score (nSPS) is 14.2. The van der Waals surface area contributed by atoms with Gasteiger partial charge < -0.3 is 9.88 Å². The number of carbonyl (C=O) groups is 1. The minimum Gasteiger partial charge on any atom is -0.328 e. The molecular weight excluding hydrogens is 368 g/mol. The summed E-state index contributed by atoms with van der Waals surface area (Å²) in [6.45, 7) is 1.03.